The summed E-state index contributed by atoms with van der Waals surface area (Å²) in [6.07, 6.45) is 7.58. The third kappa shape index (κ3) is 3.96. The monoisotopic (exact) mass is 348 g/mol. The molecule has 0 saturated carbocycles. The lowest BCUT2D eigenvalue weighted by Gasteiger charge is -2.16. The second-order valence-electron chi connectivity index (χ2n) is 6.54. The highest BCUT2D eigenvalue weighted by Crippen LogP contribution is 2.25. The Balaban J connectivity index is 1.74. The molecule has 0 atom stereocenters. The van der Waals surface area contributed by atoms with Crippen LogP contribution in [0.1, 0.15) is 24.0 Å². The number of aryl methyl sites for hydroxylation is 2. The SMILES string of the molecule is CN(C)CCn1cc(NS(=O)(=O)c2ccc3c(c2)CCCC3)cn1. The van der Waals surface area contributed by atoms with Crippen LogP contribution in [0.15, 0.2) is 35.5 Å². The molecule has 0 aliphatic heterocycles. The molecule has 0 fully saturated rings. The van der Waals surface area contributed by atoms with Gasteiger partial charge in [0.05, 0.1) is 23.3 Å². The number of nitrogens with one attached hydrogen (secondary N) is 1. The summed E-state index contributed by atoms with van der Waals surface area (Å²) in [6, 6.07) is 5.46. The molecule has 0 amide bonds. The van der Waals surface area contributed by atoms with Gasteiger partial charge in [0.2, 0.25) is 0 Å². The van der Waals surface area contributed by atoms with Crippen molar-refractivity contribution in [1.82, 2.24) is 14.7 Å². The van der Waals surface area contributed by atoms with Crippen molar-refractivity contribution in [2.75, 3.05) is 25.4 Å². The maximum absolute atomic E-state index is 12.6. The molecule has 24 heavy (non-hydrogen) atoms. The van der Waals surface area contributed by atoms with Gasteiger partial charge in [0.25, 0.3) is 10.0 Å². The Labute approximate surface area is 143 Å². The smallest absolute Gasteiger partial charge is 0.262 e. The summed E-state index contributed by atoms with van der Waals surface area (Å²) in [5.41, 5.74) is 2.92. The molecule has 1 heterocycles. The molecule has 0 unspecified atom stereocenters. The molecule has 2 aromatic rings. The Morgan fingerprint density at radius 3 is 2.71 bits per heavy atom. The van der Waals surface area contributed by atoms with E-state index < -0.39 is 10.0 Å². The molecule has 1 N–H and O–H groups in total. The van der Waals surface area contributed by atoms with E-state index in [9.17, 15) is 8.42 Å². The molecule has 1 aliphatic carbocycles. The van der Waals surface area contributed by atoms with E-state index in [0.717, 1.165) is 31.4 Å². The lowest BCUT2D eigenvalue weighted by atomic mass is 9.92. The first-order chi connectivity index (χ1) is 11.4. The van der Waals surface area contributed by atoms with Crippen molar-refractivity contribution in [2.24, 2.45) is 0 Å². The highest BCUT2D eigenvalue weighted by atomic mass is 32.2. The zero-order valence-corrected chi connectivity index (χ0v) is 15.0. The third-order valence-electron chi connectivity index (χ3n) is 4.29. The maximum atomic E-state index is 12.6. The molecule has 1 aromatic carbocycles. The lowest BCUT2D eigenvalue weighted by Crippen LogP contribution is -2.18. The molecular formula is C17H24N4O2S. The topological polar surface area (TPSA) is 67.2 Å². The molecule has 130 valence electrons. The van der Waals surface area contributed by atoms with E-state index in [1.54, 1.807) is 23.1 Å². The van der Waals surface area contributed by atoms with E-state index in [0.29, 0.717) is 17.1 Å². The van der Waals surface area contributed by atoms with Gasteiger partial charge in [-0.25, -0.2) is 8.42 Å². The molecule has 0 bridgehead atoms. The van der Waals surface area contributed by atoms with E-state index in [1.807, 2.05) is 26.2 Å². The summed E-state index contributed by atoms with van der Waals surface area (Å²) in [5.74, 6) is 0. The van der Waals surface area contributed by atoms with E-state index in [1.165, 1.54) is 12.0 Å². The van der Waals surface area contributed by atoms with Crippen LogP contribution >= 0.6 is 0 Å². The summed E-state index contributed by atoms with van der Waals surface area (Å²) < 4.78 is 29.6. The molecule has 6 nitrogen and oxygen atoms in total. The maximum Gasteiger partial charge on any atom is 0.262 e. The fraction of sp³-hybridized carbons (Fsp3) is 0.471. The molecular weight excluding hydrogens is 324 g/mol. The largest absolute Gasteiger partial charge is 0.308 e. The van der Waals surface area contributed by atoms with Crippen molar-refractivity contribution in [3.8, 4) is 0 Å². The van der Waals surface area contributed by atoms with Gasteiger partial charge in [-0.2, -0.15) is 5.10 Å². The third-order valence-corrected chi connectivity index (χ3v) is 5.67. The predicted octanol–water partition coefficient (Wildman–Crippen LogP) is 2.12. The Kier molecular flexibility index (Phi) is 4.91. The van der Waals surface area contributed by atoms with Gasteiger partial charge in [0.1, 0.15) is 0 Å². The van der Waals surface area contributed by atoms with Gasteiger partial charge in [0.15, 0.2) is 0 Å². The summed E-state index contributed by atoms with van der Waals surface area (Å²) >= 11 is 0. The molecule has 7 heteroatoms. The van der Waals surface area contributed by atoms with Crippen molar-refractivity contribution in [2.45, 2.75) is 37.1 Å². The minimum absolute atomic E-state index is 0.323. The van der Waals surface area contributed by atoms with E-state index >= 15 is 0 Å². The number of likely N-dealkylation sites (N-methyl/N-ethyl adjacent to an activating group) is 1. The highest BCUT2D eigenvalue weighted by molar-refractivity contribution is 7.92. The summed E-state index contributed by atoms with van der Waals surface area (Å²) in [7, 11) is 0.400. The van der Waals surface area contributed by atoms with Crippen LogP contribution < -0.4 is 4.72 Å². The predicted molar refractivity (Wildman–Crippen MR) is 94.7 cm³/mol. The van der Waals surface area contributed by atoms with Gasteiger partial charge in [-0.05, 0) is 63.0 Å². The Morgan fingerprint density at radius 2 is 1.96 bits per heavy atom. The van der Waals surface area contributed by atoms with Crippen LogP contribution in [0.3, 0.4) is 0 Å². The van der Waals surface area contributed by atoms with Crippen LogP contribution in [0.5, 0.6) is 0 Å². The van der Waals surface area contributed by atoms with Crippen molar-refractivity contribution in [3.63, 3.8) is 0 Å². The molecule has 0 spiro atoms. The summed E-state index contributed by atoms with van der Waals surface area (Å²) in [4.78, 5) is 2.38. The zero-order valence-electron chi connectivity index (χ0n) is 14.2. The normalized spacial score (nSPS) is 14.6. The minimum atomic E-state index is -3.58. The number of anilines is 1. The fourth-order valence-electron chi connectivity index (χ4n) is 2.93. The number of rotatable bonds is 6. The van der Waals surface area contributed by atoms with Crippen LogP contribution in [-0.2, 0) is 29.4 Å². The summed E-state index contributed by atoms with van der Waals surface area (Å²) in [5, 5.41) is 4.20. The van der Waals surface area contributed by atoms with E-state index in [2.05, 4.69) is 14.7 Å². The van der Waals surface area contributed by atoms with E-state index in [-0.39, 0.29) is 0 Å². The van der Waals surface area contributed by atoms with Gasteiger partial charge in [-0.3, -0.25) is 9.40 Å². The van der Waals surface area contributed by atoms with Gasteiger partial charge < -0.3 is 4.90 Å². The van der Waals surface area contributed by atoms with Crippen molar-refractivity contribution in [1.29, 1.82) is 0 Å². The van der Waals surface area contributed by atoms with Crippen LogP contribution in [0.2, 0.25) is 0 Å². The number of aromatic nitrogens is 2. The van der Waals surface area contributed by atoms with Crippen LogP contribution in [0, 0.1) is 0 Å². The second kappa shape index (κ2) is 6.94. The first-order valence-corrected chi connectivity index (χ1v) is 9.74. The first-order valence-electron chi connectivity index (χ1n) is 8.26. The lowest BCUT2D eigenvalue weighted by molar-refractivity contribution is 0.373. The molecule has 0 saturated heterocycles. The average Bonchev–Trinajstić information content (AvgIpc) is 2.99. The van der Waals surface area contributed by atoms with Gasteiger partial charge >= 0.3 is 0 Å². The van der Waals surface area contributed by atoms with Gasteiger partial charge in [0, 0.05) is 12.7 Å². The van der Waals surface area contributed by atoms with Crippen molar-refractivity contribution < 1.29 is 8.42 Å². The molecule has 1 aliphatic rings. The van der Waals surface area contributed by atoms with Crippen LogP contribution in [-0.4, -0.2) is 43.7 Å². The first kappa shape index (κ1) is 17.0. The quantitative estimate of drug-likeness (QED) is 0.868. The van der Waals surface area contributed by atoms with Gasteiger partial charge in [-0.1, -0.05) is 6.07 Å². The standard InChI is InChI=1S/C17H24N4O2S/c1-20(2)9-10-21-13-16(12-18-21)19-24(22,23)17-8-7-14-5-3-4-6-15(14)11-17/h7-8,11-13,19H,3-6,9-10H2,1-2H3. The Bertz CT molecular complexity index is 812. The fourth-order valence-corrected chi connectivity index (χ4v) is 4.01. The number of benzene rings is 1. The van der Waals surface area contributed by atoms with Crippen LogP contribution in [0.4, 0.5) is 5.69 Å². The molecule has 3 rings (SSSR count). The summed E-state index contributed by atoms with van der Waals surface area (Å²) in [6.45, 7) is 1.56. The average molecular weight is 348 g/mol. The highest BCUT2D eigenvalue weighted by Gasteiger charge is 2.18. The Hall–Kier alpha value is -1.86. The molecule has 1 aromatic heterocycles. The number of fused-ring (bicyclic) bond motifs is 1. The number of nitrogens with zero attached hydrogens (tertiary/aromatic N) is 3. The van der Waals surface area contributed by atoms with Crippen molar-refractivity contribution >= 4 is 15.7 Å². The minimum Gasteiger partial charge on any atom is -0.308 e. The Morgan fingerprint density at radius 1 is 1.21 bits per heavy atom. The number of sulfonamides is 1. The van der Waals surface area contributed by atoms with E-state index in [4.69, 9.17) is 0 Å². The second-order valence-corrected chi connectivity index (χ2v) is 8.22. The number of hydrogen-bond acceptors (Lipinski definition) is 4. The van der Waals surface area contributed by atoms with Gasteiger partial charge in [-0.15, -0.1) is 0 Å². The zero-order chi connectivity index (χ0) is 17.2. The number of hydrogen-bond donors (Lipinski definition) is 1. The van der Waals surface area contributed by atoms with Crippen LogP contribution in [0.25, 0.3) is 0 Å². The van der Waals surface area contributed by atoms with Crippen molar-refractivity contribution in [3.05, 3.63) is 41.7 Å². The molecule has 0 radical (unpaired) electrons.